The van der Waals surface area contributed by atoms with E-state index >= 15 is 0 Å². The van der Waals surface area contributed by atoms with Crippen molar-refractivity contribution in [3.05, 3.63) is 49.1 Å². The van der Waals surface area contributed by atoms with Crippen LogP contribution in [0.2, 0.25) is 0 Å². The lowest BCUT2D eigenvalue weighted by molar-refractivity contribution is 0.323. The number of aromatic hydroxyl groups is 1. The molecule has 0 spiro atoms. The molecule has 1 aliphatic carbocycles. The second-order valence-corrected chi connectivity index (χ2v) is 11.1. The predicted octanol–water partition coefficient (Wildman–Crippen LogP) is 5.37. The Balaban J connectivity index is 1.30. The molecule has 0 unspecified atom stereocenters. The summed E-state index contributed by atoms with van der Waals surface area (Å²) in [5.41, 5.74) is 1.95. The lowest BCUT2D eigenvalue weighted by Crippen LogP contribution is -2.31. The average Bonchev–Trinajstić information content (AvgIpc) is 2.77. The van der Waals surface area contributed by atoms with E-state index in [1.807, 2.05) is 43.3 Å². The first kappa shape index (κ1) is 23.7. The molecule has 1 aliphatic rings. The highest BCUT2D eigenvalue weighted by Gasteiger charge is 2.22. The van der Waals surface area contributed by atoms with Crippen LogP contribution >= 0.6 is 45.2 Å². The van der Waals surface area contributed by atoms with Gasteiger partial charge in [0.15, 0.2) is 0 Å². The van der Waals surface area contributed by atoms with E-state index in [1.54, 1.807) is 0 Å². The molecule has 32 heavy (non-hydrogen) atoms. The fourth-order valence-corrected chi connectivity index (χ4v) is 6.29. The van der Waals surface area contributed by atoms with E-state index in [0.29, 0.717) is 24.3 Å². The molecule has 3 N–H and O–H groups in total. The number of nitrogens with one attached hydrogen (secondary N) is 2. The van der Waals surface area contributed by atoms with Crippen LogP contribution in [0.15, 0.2) is 36.4 Å². The summed E-state index contributed by atoms with van der Waals surface area (Å²) in [7, 11) is 4.04. The van der Waals surface area contributed by atoms with Gasteiger partial charge in [-0.1, -0.05) is 12.1 Å². The number of para-hydroxylation sites is 1. The third-order valence-corrected chi connectivity index (χ3v) is 7.49. The Bertz CT molecular complexity index is 1080. The summed E-state index contributed by atoms with van der Waals surface area (Å²) in [5.74, 6) is 2.73. The van der Waals surface area contributed by atoms with Gasteiger partial charge in [0.1, 0.15) is 11.6 Å². The molecular formula is C24H29I2N5O. The summed E-state index contributed by atoms with van der Waals surface area (Å²) in [6.45, 7) is 1.68. The molecule has 3 aromatic rings. The second kappa shape index (κ2) is 10.7. The maximum absolute atomic E-state index is 10.3. The van der Waals surface area contributed by atoms with Crippen LogP contribution in [0, 0.1) is 13.1 Å². The van der Waals surface area contributed by atoms with Gasteiger partial charge in [0, 0.05) is 41.2 Å². The van der Waals surface area contributed by atoms with Gasteiger partial charge in [-0.05, 0) is 108 Å². The molecule has 0 amide bonds. The van der Waals surface area contributed by atoms with Crippen molar-refractivity contribution < 1.29 is 5.11 Å². The zero-order valence-electron chi connectivity index (χ0n) is 18.4. The minimum Gasteiger partial charge on any atom is -0.507 e. The van der Waals surface area contributed by atoms with Crippen molar-refractivity contribution in [3.8, 4) is 5.75 Å². The highest BCUT2D eigenvalue weighted by atomic mass is 127. The molecule has 1 saturated carbocycles. The Morgan fingerprint density at radius 3 is 2.56 bits per heavy atom. The third-order valence-electron chi connectivity index (χ3n) is 6.04. The first-order valence-electron chi connectivity index (χ1n) is 11.0. The van der Waals surface area contributed by atoms with E-state index in [0.717, 1.165) is 54.8 Å². The van der Waals surface area contributed by atoms with Gasteiger partial charge < -0.3 is 20.6 Å². The van der Waals surface area contributed by atoms with Crippen LogP contribution in [0.1, 0.15) is 31.2 Å². The fraction of sp³-hybridized carbons (Fsp3) is 0.417. The van der Waals surface area contributed by atoms with Gasteiger partial charge in [0.05, 0.1) is 9.09 Å². The SMILES string of the molecule is CN(C)c1nc(NC2CCC(CNCc3cc(I)cc(I)c3O)CC2)nc2ccccc12. The average molecular weight is 657 g/mol. The maximum atomic E-state index is 10.3. The van der Waals surface area contributed by atoms with Gasteiger partial charge >= 0.3 is 0 Å². The molecule has 1 aromatic heterocycles. The van der Waals surface area contributed by atoms with Gasteiger partial charge in [-0.3, -0.25) is 0 Å². The highest BCUT2D eigenvalue weighted by Crippen LogP contribution is 2.29. The lowest BCUT2D eigenvalue weighted by Gasteiger charge is -2.29. The molecule has 0 radical (unpaired) electrons. The minimum absolute atomic E-state index is 0.402. The Kier molecular flexibility index (Phi) is 7.93. The van der Waals surface area contributed by atoms with Gasteiger partial charge in [0.25, 0.3) is 0 Å². The van der Waals surface area contributed by atoms with Crippen LogP contribution in [0.3, 0.4) is 0 Å². The van der Waals surface area contributed by atoms with E-state index in [2.05, 4.69) is 67.9 Å². The fourth-order valence-electron chi connectivity index (χ4n) is 4.32. The van der Waals surface area contributed by atoms with E-state index in [9.17, 15) is 5.11 Å². The molecule has 170 valence electrons. The molecule has 1 heterocycles. The topological polar surface area (TPSA) is 73.3 Å². The zero-order chi connectivity index (χ0) is 22.7. The van der Waals surface area contributed by atoms with E-state index < -0.39 is 0 Å². The molecule has 6 nitrogen and oxygen atoms in total. The Morgan fingerprint density at radius 1 is 1.06 bits per heavy atom. The number of benzene rings is 2. The number of hydrogen-bond donors (Lipinski definition) is 3. The van der Waals surface area contributed by atoms with Crippen LogP contribution < -0.4 is 15.5 Å². The van der Waals surface area contributed by atoms with E-state index in [-0.39, 0.29) is 0 Å². The van der Waals surface area contributed by atoms with Crippen molar-refractivity contribution in [2.45, 2.75) is 38.3 Å². The van der Waals surface area contributed by atoms with Gasteiger partial charge in [0.2, 0.25) is 5.95 Å². The summed E-state index contributed by atoms with van der Waals surface area (Å²) in [6.07, 6.45) is 4.59. The Hall–Kier alpha value is -1.40. The summed E-state index contributed by atoms with van der Waals surface area (Å²) in [6, 6.07) is 12.6. The summed E-state index contributed by atoms with van der Waals surface area (Å²) in [4.78, 5) is 11.6. The van der Waals surface area contributed by atoms with Crippen molar-refractivity contribution in [2.24, 2.45) is 5.92 Å². The smallest absolute Gasteiger partial charge is 0.225 e. The summed E-state index contributed by atoms with van der Waals surface area (Å²) < 4.78 is 2.06. The number of anilines is 2. The number of fused-ring (bicyclic) bond motifs is 1. The normalized spacial score (nSPS) is 18.6. The molecule has 0 saturated heterocycles. The zero-order valence-corrected chi connectivity index (χ0v) is 22.7. The van der Waals surface area contributed by atoms with Gasteiger partial charge in [-0.2, -0.15) is 4.98 Å². The van der Waals surface area contributed by atoms with Crippen LogP contribution in [-0.4, -0.2) is 41.8 Å². The monoisotopic (exact) mass is 657 g/mol. The quantitative estimate of drug-likeness (QED) is 0.297. The molecule has 8 heteroatoms. The summed E-state index contributed by atoms with van der Waals surface area (Å²) >= 11 is 4.49. The minimum atomic E-state index is 0.402. The molecule has 1 fully saturated rings. The number of phenols is 1. The van der Waals surface area contributed by atoms with Crippen molar-refractivity contribution in [3.63, 3.8) is 0 Å². The van der Waals surface area contributed by atoms with Gasteiger partial charge in [-0.15, -0.1) is 0 Å². The summed E-state index contributed by atoms with van der Waals surface area (Å²) in [5, 5.41) is 18.5. The Labute approximate surface area is 216 Å². The van der Waals surface area contributed by atoms with Crippen molar-refractivity contribution >= 4 is 67.9 Å². The van der Waals surface area contributed by atoms with Crippen molar-refractivity contribution in [2.75, 3.05) is 30.9 Å². The first-order chi connectivity index (χ1) is 15.4. The number of phenolic OH excluding ortho intramolecular Hbond substituents is 1. The molecular weight excluding hydrogens is 628 g/mol. The molecule has 0 bridgehead atoms. The molecule has 0 aliphatic heterocycles. The van der Waals surface area contributed by atoms with Crippen molar-refractivity contribution in [1.82, 2.24) is 15.3 Å². The maximum Gasteiger partial charge on any atom is 0.225 e. The number of halogens is 2. The van der Waals surface area contributed by atoms with Crippen LogP contribution in [-0.2, 0) is 6.54 Å². The van der Waals surface area contributed by atoms with Crippen LogP contribution in [0.4, 0.5) is 11.8 Å². The van der Waals surface area contributed by atoms with Crippen LogP contribution in [0.25, 0.3) is 10.9 Å². The third kappa shape index (κ3) is 5.74. The largest absolute Gasteiger partial charge is 0.507 e. The number of aromatic nitrogens is 2. The standard InChI is InChI=1S/C24H29I2N5O/c1-31(2)23-19-5-3-4-6-21(19)29-24(30-23)28-18-9-7-15(8-10-18)13-27-14-16-11-17(25)12-20(26)22(16)32/h3-6,11-12,15,18,27,32H,7-10,13-14H2,1-2H3,(H,28,29,30). The second-order valence-electron chi connectivity index (χ2n) is 8.67. The molecule has 0 atom stereocenters. The Morgan fingerprint density at radius 2 is 1.81 bits per heavy atom. The predicted molar refractivity (Wildman–Crippen MR) is 148 cm³/mol. The first-order valence-corrected chi connectivity index (χ1v) is 13.1. The lowest BCUT2D eigenvalue weighted by atomic mass is 9.86. The molecule has 4 rings (SSSR count). The number of hydrogen-bond acceptors (Lipinski definition) is 6. The highest BCUT2D eigenvalue weighted by molar-refractivity contribution is 14.1. The van der Waals surface area contributed by atoms with Gasteiger partial charge in [-0.25, -0.2) is 4.98 Å². The van der Waals surface area contributed by atoms with Crippen LogP contribution in [0.5, 0.6) is 5.75 Å². The van der Waals surface area contributed by atoms with E-state index in [1.165, 1.54) is 12.8 Å². The van der Waals surface area contributed by atoms with Crippen molar-refractivity contribution in [1.29, 1.82) is 0 Å². The molecule has 2 aromatic carbocycles. The number of rotatable bonds is 7. The number of nitrogens with zero attached hydrogens (tertiary/aromatic N) is 3. The van der Waals surface area contributed by atoms with E-state index in [4.69, 9.17) is 9.97 Å².